The molecule has 1 saturated heterocycles. The van der Waals surface area contributed by atoms with Crippen molar-refractivity contribution in [1.82, 2.24) is 4.90 Å². The Morgan fingerprint density at radius 1 is 1.30 bits per heavy atom. The second-order valence-corrected chi connectivity index (χ2v) is 8.05. The maximum Gasteiger partial charge on any atom is 0.242 e. The fraction of sp³-hybridized carbons (Fsp3) is 0.211. The molecule has 0 bridgehead atoms. The third kappa shape index (κ3) is 4.75. The molecule has 140 valence electrons. The molecular formula is C19H17BrFN3O2S. The number of halogens is 2. The number of amidine groups is 1. The number of amides is 1. The molecule has 1 atom stereocenters. The summed E-state index contributed by atoms with van der Waals surface area (Å²) in [5.74, 6) is 0.322. The van der Waals surface area contributed by atoms with Gasteiger partial charge in [-0.05, 0) is 42.8 Å². The molecule has 0 N–H and O–H groups in total. The highest BCUT2D eigenvalue weighted by Gasteiger charge is 2.35. The Hall–Kier alpha value is -2.19. The zero-order valence-corrected chi connectivity index (χ0v) is 17.1. The van der Waals surface area contributed by atoms with Crippen LogP contribution in [0.25, 0.3) is 0 Å². The second kappa shape index (κ2) is 8.67. The van der Waals surface area contributed by atoms with E-state index in [9.17, 15) is 9.18 Å². The molecule has 1 aliphatic heterocycles. The molecule has 0 radical (unpaired) electrons. The Morgan fingerprint density at radius 2 is 2.04 bits per heavy atom. The Kier molecular flexibility index (Phi) is 6.28. The maximum absolute atomic E-state index is 13.1. The molecule has 1 amide bonds. The highest BCUT2D eigenvalue weighted by molar-refractivity contribution is 9.10. The highest BCUT2D eigenvalue weighted by Crippen LogP contribution is 2.28. The van der Waals surface area contributed by atoms with E-state index in [1.54, 1.807) is 30.4 Å². The molecule has 0 unspecified atom stereocenters. The van der Waals surface area contributed by atoms with Crippen molar-refractivity contribution in [2.24, 2.45) is 10.2 Å². The summed E-state index contributed by atoms with van der Waals surface area (Å²) in [5, 5.41) is 8.64. The standard InChI is InChI=1S/C19H17BrFN3O2S/c1-12-18(25)24(11-13-3-6-16(21)7-4-13)19(27-12)23-22-10-14-9-15(20)5-8-17(14)26-2/h3-10,12H,11H2,1-2H3/b22-10-,23-19-/t12-/m0/s1. The lowest BCUT2D eigenvalue weighted by Crippen LogP contribution is -2.30. The molecule has 0 spiro atoms. The third-order valence-electron chi connectivity index (χ3n) is 3.91. The lowest BCUT2D eigenvalue weighted by atomic mass is 10.2. The van der Waals surface area contributed by atoms with Crippen LogP contribution in [0.15, 0.2) is 57.1 Å². The first kappa shape index (κ1) is 19.6. The van der Waals surface area contributed by atoms with Crippen LogP contribution in [0.3, 0.4) is 0 Å². The van der Waals surface area contributed by atoms with Gasteiger partial charge >= 0.3 is 0 Å². The molecule has 0 saturated carbocycles. The molecule has 27 heavy (non-hydrogen) atoms. The summed E-state index contributed by atoms with van der Waals surface area (Å²) in [6.07, 6.45) is 1.58. The normalized spacial score (nSPS) is 18.7. The predicted molar refractivity (Wildman–Crippen MR) is 110 cm³/mol. The van der Waals surface area contributed by atoms with Crippen molar-refractivity contribution in [2.75, 3.05) is 7.11 Å². The summed E-state index contributed by atoms with van der Waals surface area (Å²) in [5.41, 5.74) is 1.59. The Morgan fingerprint density at radius 3 is 2.74 bits per heavy atom. The molecule has 0 aromatic heterocycles. The van der Waals surface area contributed by atoms with Crippen molar-refractivity contribution in [3.63, 3.8) is 0 Å². The average Bonchev–Trinajstić information content (AvgIpc) is 2.91. The van der Waals surface area contributed by atoms with Gasteiger partial charge in [-0.2, -0.15) is 5.10 Å². The number of hydrogen-bond donors (Lipinski definition) is 0. The van der Waals surface area contributed by atoms with Gasteiger partial charge in [0, 0.05) is 10.0 Å². The Bertz CT molecular complexity index is 902. The number of methoxy groups -OCH3 is 1. The van der Waals surface area contributed by atoms with E-state index >= 15 is 0 Å². The predicted octanol–water partition coefficient (Wildman–Crippen LogP) is 4.45. The van der Waals surface area contributed by atoms with Gasteiger partial charge in [-0.3, -0.25) is 9.69 Å². The minimum Gasteiger partial charge on any atom is -0.496 e. The van der Waals surface area contributed by atoms with Gasteiger partial charge in [-0.15, -0.1) is 5.10 Å². The van der Waals surface area contributed by atoms with Crippen LogP contribution in [0.4, 0.5) is 4.39 Å². The molecule has 5 nitrogen and oxygen atoms in total. The quantitative estimate of drug-likeness (QED) is 0.500. The van der Waals surface area contributed by atoms with Crippen LogP contribution in [0, 0.1) is 5.82 Å². The zero-order valence-electron chi connectivity index (χ0n) is 14.7. The molecule has 1 heterocycles. The number of carbonyl (C=O) groups is 1. The van der Waals surface area contributed by atoms with E-state index in [1.807, 2.05) is 25.1 Å². The first-order valence-electron chi connectivity index (χ1n) is 8.15. The molecule has 2 aromatic carbocycles. The fourth-order valence-corrected chi connectivity index (χ4v) is 3.83. The van der Waals surface area contributed by atoms with Crippen molar-refractivity contribution < 1.29 is 13.9 Å². The van der Waals surface area contributed by atoms with Crippen LogP contribution in [-0.2, 0) is 11.3 Å². The topological polar surface area (TPSA) is 54.3 Å². The van der Waals surface area contributed by atoms with E-state index in [1.165, 1.54) is 23.9 Å². The first-order valence-corrected chi connectivity index (χ1v) is 9.82. The van der Waals surface area contributed by atoms with Gasteiger partial charge < -0.3 is 4.74 Å². The maximum atomic E-state index is 13.1. The molecule has 2 aromatic rings. The minimum absolute atomic E-state index is 0.0432. The van der Waals surface area contributed by atoms with E-state index in [0.29, 0.717) is 17.5 Å². The van der Waals surface area contributed by atoms with Gasteiger partial charge in [0.05, 0.1) is 25.1 Å². The molecule has 1 fully saturated rings. The number of benzene rings is 2. The number of carbonyl (C=O) groups excluding carboxylic acids is 1. The number of ether oxygens (including phenoxy) is 1. The Labute approximate surface area is 169 Å². The summed E-state index contributed by atoms with van der Waals surface area (Å²) in [6.45, 7) is 2.15. The summed E-state index contributed by atoms with van der Waals surface area (Å²) in [6, 6.07) is 11.6. The van der Waals surface area contributed by atoms with Gasteiger partial charge in [0.1, 0.15) is 11.6 Å². The summed E-state index contributed by atoms with van der Waals surface area (Å²) >= 11 is 4.76. The van der Waals surface area contributed by atoms with Crippen LogP contribution in [0.1, 0.15) is 18.1 Å². The molecule has 1 aliphatic rings. The zero-order chi connectivity index (χ0) is 19.4. The first-order chi connectivity index (χ1) is 13.0. The lowest BCUT2D eigenvalue weighted by Gasteiger charge is -2.15. The van der Waals surface area contributed by atoms with E-state index in [2.05, 4.69) is 26.1 Å². The molecule has 0 aliphatic carbocycles. The van der Waals surface area contributed by atoms with Gasteiger partial charge in [-0.25, -0.2) is 4.39 Å². The second-order valence-electron chi connectivity index (χ2n) is 5.82. The minimum atomic E-state index is -0.310. The fourth-order valence-electron chi connectivity index (χ4n) is 2.53. The summed E-state index contributed by atoms with van der Waals surface area (Å²) < 4.78 is 19.3. The van der Waals surface area contributed by atoms with Crippen LogP contribution in [-0.4, -0.2) is 34.5 Å². The third-order valence-corrected chi connectivity index (χ3v) is 5.47. The largest absolute Gasteiger partial charge is 0.496 e. The smallest absolute Gasteiger partial charge is 0.242 e. The summed E-state index contributed by atoms with van der Waals surface area (Å²) in [7, 11) is 1.59. The molecule has 3 rings (SSSR count). The van der Waals surface area contributed by atoms with E-state index in [-0.39, 0.29) is 17.0 Å². The van der Waals surface area contributed by atoms with Gasteiger partial charge in [0.15, 0.2) is 5.17 Å². The lowest BCUT2D eigenvalue weighted by molar-refractivity contribution is -0.126. The average molecular weight is 450 g/mol. The Balaban J connectivity index is 1.81. The highest BCUT2D eigenvalue weighted by atomic mass is 79.9. The SMILES string of the molecule is COc1ccc(Br)cc1/C=N\N=C1/S[C@@H](C)C(=O)N1Cc1ccc(F)cc1. The van der Waals surface area contributed by atoms with Crippen LogP contribution in [0.2, 0.25) is 0 Å². The van der Waals surface area contributed by atoms with Crippen molar-refractivity contribution in [3.8, 4) is 5.75 Å². The van der Waals surface area contributed by atoms with Gasteiger partial charge in [0.25, 0.3) is 0 Å². The van der Waals surface area contributed by atoms with Crippen molar-refractivity contribution in [2.45, 2.75) is 18.7 Å². The van der Waals surface area contributed by atoms with E-state index in [0.717, 1.165) is 15.6 Å². The van der Waals surface area contributed by atoms with Gasteiger partial charge in [-0.1, -0.05) is 39.8 Å². The summed E-state index contributed by atoms with van der Waals surface area (Å²) in [4.78, 5) is 14.0. The number of hydrogen-bond acceptors (Lipinski definition) is 5. The number of nitrogens with zero attached hydrogens (tertiary/aromatic N) is 3. The van der Waals surface area contributed by atoms with Crippen molar-refractivity contribution in [1.29, 1.82) is 0 Å². The molecule has 8 heteroatoms. The van der Waals surface area contributed by atoms with E-state index < -0.39 is 0 Å². The van der Waals surface area contributed by atoms with Crippen LogP contribution >= 0.6 is 27.7 Å². The van der Waals surface area contributed by atoms with Gasteiger partial charge in [0.2, 0.25) is 5.91 Å². The number of rotatable bonds is 5. The van der Waals surface area contributed by atoms with Crippen molar-refractivity contribution >= 4 is 45.0 Å². The monoisotopic (exact) mass is 449 g/mol. The number of thioether (sulfide) groups is 1. The van der Waals surface area contributed by atoms with Crippen molar-refractivity contribution in [3.05, 3.63) is 63.9 Å². The van der Waals surface area contributed by atoms with Crippen LogP contribution in [0.5, 0.6) is 5.75 Å². The van der Waals surface area contributed by atoms with Crippen LogP contribution < -0.4 is 4.74 Å². The van der Waals surface area contributed by atoms with E-state index in [4.69, 9.17) is 4.74 Å². The molecular weight excluding hydrogens is 433 g/mol.